The first-order chi connectivity index (χ1) is 7.10. The number of esters is 1. The van der Waals surface area contributed by atoms with Gasteiger partial charge in [-0.15, -0.1) is 0 Å². The Kier molecular flexibility index (Phi) is 7.68. The molecule has 1 aliphatic carbocycles. The Morgan fingerprint density at radius 3 is 2.07 bits per heavy atom. The lowest BCUT2D eigenvalue weighted by Crippen LogP contribution is -2.08. The van der Waals surface area contributed by atoms with Crippen LogP contribution in [0, 0.1) is 0 Å². The summed E-state index contributed by atoms with van der Waals surface area (Å²) in [6, 6.07) is 0. The van der Waals surface area contributed by atoms with Crippen molar-refractivity contribution in [1.82, 2.24) is 0 Å². The van der Waals surface area contributed by atoms with E-state index >= 15 is 0 Å². The SMILES string of the molecule is CCCC.O=C(O)CCC(=O)OC1CC1. The number of carbonyl (C=O) groups excluding carboxylic acids is 1. The van der Waals surface area contributed by atoms with Gasteiger partial charge in [-0.3, -0.25) is 9.59 Å². The first-order valence-electron chi connectivity index (χ1n) is 5.51. The Balaban J connectivity index is 0.000000423. The van der Waals surface area contributed by atoms with Crippen LogP contribution in [0.15, 0.2) is 0 Å². The van der Waals surface area contributed by atoms with Crippen LogP contribution >= 0.6 is 0 Å². The van der Waals surface area contributed by atoms with Crippen molar-refractivity contribution in [3.05, 3.63) is 0 Å². The summed E-state index contributed by atoms with van der Waals surface area (Å²) >= 11 is 0. The smallest absolute Gasteiger partial charge is 0.306 e. The minimum Gasteiger partial charge on any atom is -0.481 e. The zero-order valence-corrected chi connectivity index (χ0v) is 9.49. The van der Waals surface area contributed by atoms with Gasteiger partial charge in [0.15, 0.2) is 0 Å². The molecule has 4 heteroatoms. The maximum absolute atomic E-state index is 10.7. The molecule has 4 nitrogen and oxygen atoms in total. The van der Waals surface area contributed by atoms with Gasteiger partial charge in [0.05, 0.1) is 12.8 Å². The van der Waals surface area contributed by atoms with E-state index in [0.29, 0.717) is 0 Å². The van der Waals surface area contributed by atoms with Gasteiger partial charge in [0.2, 0.25) is 0 Å². The van der Waals surface area contributed by atoms with Crippen molar-refractivity contribution < 1.29 is 19.4 Å². The molecule has 0 amide bonds. The van der Waals surface area contributed by atoms with Crippen LogP contribution in [0.25, 0.3) is 0 Å². The van der Waals surface area contributed by atoms with Crippen molar-refractivity contribution >= 4 is 11.9 Å². The summed E-state index contributed by atoms with van der Waals surface area (Å²) in [6.45, 7) is 4.36. The molecule has 0 bridgehead atoms. The van der Waals surface area contributed by atoms with Crippen LogP contribution in [0.3, 0.4) is 0 Å². The Bertz CT molecular complexity index is 195. The van der Waals surface area contributed by atoms with E-state index in [1.165, 1.54) is 12.8 Å². The molecule has 0 aliphatic heterocycles. The van der Waals surface area contributed by atoms with Gasteiger partial charge in [-0.2, -0.15) is 0 Å². The fourth-order valence-corrected chi connectivity index (χ4v) is 0.640. The van der Waals surface area contributed by atoms with Crippen LogP contribution in [-0.2, 0) is 14.3 Å². The van der Waals surface area contributed by atoms with Gasteiger partial charge in [-0.05, 0) is 12.8 Å². The highest BCUT2D eigenvalue weighted by Crippen LogP contribution is 2.23. The Morgan fingerprint density at radius 1 is 1.20 bits per heavy atom. The van der Waals surface area contributed by atoms with E-state index in [2.05, 4.69) is 13.8 Å². The van der Waals surface area contributed by atoms with Crippen molar-refractivity contribution in [3.8, 4) is 0 Å². The third kappa shape index (κ3) is 10.9. The maximum atomic E-state index is 10.7. The van der Waals surface area contributed by atoms with E-state index in [-0.39, 0.29) is 18.9 Å². The fourth-order valence-electron chi connectivity index (χ4n) is 0.640. The molecule has 0 unspecified atom stereocenters. The predicted octanol–water partition coefficient (Wildman–Crippen LogP) is 2.36. The molecule has 1 saturated carbocycles. The van der Waals surface area contributed by atoms with E-state index < -0.39 is 11.9 Å². The quantitative estimate of drug-likeness (QED) is 0.716. The van der Waals surface area contributed by atoms with E-state index in [1.54, 1.807) is 0 Å². The fraction of sp³-hybridized carbons (Fsp3) is 0.818. The first-order valence-corrected chi connectivity index (χ1v) is 5.51. The van der Waals surface area contributed by atoms with E-state index in [9.17, 15) is 9.59 Å². The Hall–Kier alpha value is -1.06. The lowest BCUT2D eigenvalue weighted by atomic mass is 10.3. The number of carboxylic acids is 1. The molecule has 0 heterocycles. The van der Waals surface area contributed by atoms with Gasteiger partial charge in [-0.25, -0.2) is 0 Å². The standard InChI is InChI=1S/C7H10O4.C4H10/c8-6(9)3-4-7(10)11-5-1-2-5;1-3-4-2/h5H,1-4H2,(H,8,9);3-4H2,1-2H3. The molecular formula is C11H20O4. The number of rotatable bonds is 5. The molecule has 15 heavy (non-hydrogen) atoms. The number of aliphatic carboxylic acids is 1. The summed E-state index contributed by atoms with van der Waals surface area (Å²) in [6.07, 6.45) is 4.44. The highest BCUT2D eigenvalue weighted by atomic mass is 16.5. The second-order valence-electron chi connectivity index (χ2n) is 3.58. The van der Waals surface area contributed by atoms with Crippen molar-refractivity contribution in [2.75, 3.05) is 0 Å². The van der Waals surface area contributed by atoms with Crippen LogP contribution in [0.5, 0.6) is 0 Å². The Labute approximate surface area is 90.6 Å². The lowest BCUT2D eigenvalue weighted by Gasteiger charge is -1.99. The van der Waals surface area contributed by atoms with Gasteiger partial charge in [0.25, 0.3) is 0 Å². The molecule has 1 rings (SSSR count). The van der Waals surface area contributed by atoms with Crippen molar-refractivity contribution in [3.63, 3.8) is 0 Å². The van der Waals surface area contributed by atoms with Gasteiger partial charge >= 0.3 is 11.9 Å². The summed E-state index contributed by atoms with van der Waals surface area (Å²) in [5.41, 5.74) is 0. The van der Waals surface area contributed by atoms with Gasteiger partial charge in [-0.1, -0.05) is 26.7 Å². The topological polar surface area (TPSA) is 63.6 Å². The number of hydrogen-bond donors (Lipinski definition) is 1. The second kappa shape index (κ2) is 8.26. The number of unbranched alkanes of at least 4 members (excludes halogenated alkanes) is 1. The highest BCUT2D eigenvalue weighted by molar-refractivity contribution is 5.76. The van der Waals surface area contributed by atoms with Crippen molar-refractivity contribution in [2.24, 2.45) is 0 Å². The predicted molar refractivity (Wildman–Crippen MR) is 56.6 cm³/mol. The first kappa shape index (κ1) is 13.9. The molecule has 1 aliphatic rings. The van der Waals surface area contributed by atoms with Crippen LogP contribution in [0.1, 0.15) is 52.4 Å². The normalized spacial score (nSPS) is 13.7. The summed E-state index contributed by atoms with van der Waals surface area (Å²) in [5, 5.41) is 8.20. The van der Waals surface area contributed by atoms with Gasteiger partial charge < -0.3 is 9.84 Å². The molecule has 1 fully saturated rings. The molecule has 0 aromatic heterocycles. The summed E-state index contributed by atoms with van der Waals surface area (Å²) < 4.78 is 4.81. The molecule has 0 atom stereocenters. The average Bonchev–Trinajstić information content (AvgIpc) is 2.99. The third-order valence-electron chi connectivity index (χ3n) is 1.87. The largest absolute Gasteiger partial charge is 0.481 e. The molecule has 0 aromatic carbocycles. The molecule has 1 N–H and O–H groups in total. The molecule has 0 saturated heterocycles. The van der Waals surface area contributed by atoms with E-state index in [4.69, 9.17) is 9.84 Å². The molecular weight excluding hydrogens is 196 g/mol. The third-order valence-corrected chi connectivity index (χ3v) is 1.87. The lowest BCUT2D eigenvalue weighted by molar-refractivity contribution is -0.148. The molecule has 0 spiro atoms. The summed E-state index contributed by atoms with van der Waals surface area (Å²) in [5.74, 6) is -1.35. The van der Waals surface area contributed by atoms with Gasteiger partial charge in [0.1, 0.15) is 6.10 Å². The molecule has 0 aromatic rings. The maximum Gasteiger partial charge on any atom is 0.306 e. The minimum absolute atomic E-state index is 0.00810. The van der Waals surface area contributed by atoms with E-state index in [1.807, 2.05) is 0 Å². The van der Waals surface area contributed by atoms with Crippen molar-refractivity contribution in [1.29, 1.82) is 0 Å². The van der Waals surface area contributed by atoms with Crippen LogP contribution < -0.4 is 0 Å². The highest BCUT2D eigenvalue weighted by Gasteiger charge is 2.25. The van der Waals surface area contributed by atoms with E-state index in [0.717, 1.165) is 12.8 Å². The zero-order valence-electron chi connectivity index (χ0n) is 9.49. The summed E-state index contributed by atoms with van der Waals surface area (Å²) in [4.78, 5) is 20.7. The number of hydrogen-bond acceptors (Lipinski definition) is 3. The molecule has 88 valence electrons. The minimum atomic E-state index is -0.960. The molecule has 0 radical (unpaired) electrons. The van der Waals surface area contributed by atoms with Crippen LogP contribution in [0.2, 0.25) is 0 Å². The average molecular weight is 216 g/mol. The number of carbonyl (C=O) groups is 2. The van der Waals surface area contributed by atoms with Crippen LogP contribution in [0.4, 0.5) is 0 Å². The zero-order chi connectivity index (χ0) is 11.7. The monoisotopic (exact) mass is 216 g/mol. The van der Waals surface area contributed by atoms with Gasteiger partial charge in [0, 0.05) is 0 Å². The number of ether oxygens (including phenoxy) is 1. The Morgan fingerprint density at radius 2 is 1.73 bits per heavy atom. The summed E-state index contributed by atoms with van der Waals surface area (Å²) in [7, 11) is 0. The number of carboxylic acid groups (broad SMARTS) is 1. The van der Waals surface area contributed by atoms with Crippen molar-refractivity contribution in [2.45, 2.75) is 58.5 Å². The second-order valence-corrected chi connectivity index (χ2v) is 3.58. The van der Waals surface area contributed by atoms with Crippen LogP contribution in [-0.4, -0.2) is 23.1 Å².